The molecule has 1 aromatic carbocycles. The van der Waals surface area contributed by atoms with Gasteiger partial charge in [-0.1, -0.05) is 6.07 Å². The Bertz CT molecular complexity index is 1490. The minimum Gasteiger partial charge on any atom is -0.389 e. The molecule has 0 aliphatic carbocycles. The molecular formula is C26H26F3N5O3. The zero-order chi connectivity index (χ0) is 26.3. The van der Waals surface area contributed by atoms with Gasteiger partial charge in [0.1, 0.15) is 6.54 Å². The third kappa shape index (κ3) is 5.14. The maximum absolute atomic E-state index is 13.4. The second-order valence-electron chi connectivity index (χ2n) is 9.41. The molecule has 3 aromatic heterocycles. The molecule has 4 heterocycles. The van der Waals surface area contributed by atoms with E-state index in [9.17, 15) is 23.1 Å². The van der Waals surface area contributed by atoms with E-state index in [4.69, 9.17) is 4.74 Å². The Morgan fingerprint density at radius 1 is 1.16 bits per heavy atom. The van der Waals surface area contributed by atoms with Crippen molar-refractivity contribution in [3.63, 3.8) is 0 Å². The number of hydrogen-bond acceptors (Lipinski definition) is 6. The summed E-state index contributed by atoms with van der Waals surface area (Å²) in [4.78, 5) is 22.4. The van der Waals surface area contributed by atoms with Crippen molar-refractivity contribution >= 4 is 10.9 Å². The van der Waals surface area contributed by atoms with Gasteiger partial charge in [-0.2, -0.15) is 18.3 Å². The van der Waals surface area contributed by atoms with Gasteiger partial charge in [-0.05, 0) is 61.1 Å². The molecule has 0 unspecified atom stereocenters. The molecule has 8 nitrogen and oxygen atoms in total. The van der Waals surface area contributed by atoms with Crippen LogP contribution in [0.25, 0.3) is 22.2 Å². The lowest BCUT2D eigenvalue weighted by molar-refractivity contribution is -0.142. The number of aliphatic hydroxyl groups excluding tert-OH is 1. The number of aryl methyl sites for hydroxylation is 1. The number of alkyl halides is 3. The molecule has 0 amide bonds. The van der Waals surface area contributed by atoms with Gasteiger partial charge < -0.3 is 9.84 Å². The van der Waals surface area contributed by atoms with Crippen molar-refractivity contribution in [1.29, 1.82) is 0 Å². The van der Waals surface area contributed by atoms with E-state index in [0.29, 0.717) is 41.6 Å². The first-order valence-electron chi connectivity index (χ1n) is 11.9. The topological polar surface area (TPSA) is 95.1 Å². The monoisotopic (exact) mass is 513 g/mol. The normalized spacial score (nSPS) is 18.4. The average Bonchev–Trinajstić information content (AvgIpc) is 3.31. The Balaban J connectivity index is 1.43. The van der Waals surface area contributed by atoms with Crippen LogP contribution in [0.15, 0.2) is 47.9 Å². The second kappa shape index (κ2) is 9.71. The molecule has 2 atom stereocenters. The van der Waals surface area contributed by atoms with Gasteiger partial charge in [0.05, 0.1) is 47.9 Å². The fourth-order valence-electron chi connectivity index (χ4n) is 4.75. The fraction of sp³-hybridized carbons (Fsp3) is 0.385. The van der Waals surface area contributed by atoms with E-state index < -0.39 is 18.8 Å². The molecule has 194 valence electrons. The highest BCUT2D eigenvalue weighted by Crippen LogP contribution is 2.26. The minimum atomic E-state index is -4.35. The molecule has 0 spiro atoms. The number of nitrogens with zero attached hydrogens (tertiary/aromatic N) is 5. The summed E-state index contributed by atoms with van der Waals surface area (Å²) in [5.41, 5.74) is 5.20. The summed E-state index contributed by atoms with van der Waals surface area (Å²) in [7, 11) is 0. The van der Waals surface area contributed by atoms with Crippen molar-refractivity contribution in [2.45, 2.75) is 51.6 Å². The number of ether oxygens (including phenoxy) is 1. The van der Waals surface area contributed by atoms with Crippen LogP contribution in [0.4, 0.5) is 13.2 Å². The summed E-state index contributed by atoms with van der Waals surface area (Å²) in [5.74, 6) is 0. The molecule has 1 saturated heterocycles. The highest BCUT2D eigenvalue weighted by molar-refractivity contribution is 5.83. The number of hydrogen-bond donors (Lipinski definition) is 1. The first-order chi connectivity index (χ1) is 17.6. The summed E-state index contributed by atoms with van der Waals surface area (Å²) in [6, 6.07) is 5.07. The third-order valence-corrected chi connectivity index (χ3v) is 6.89. The molecule has 4 aromatic rings. The van der Waals surface area contributed by atoms with Crippen molar-refractivity contribution in [2.75, 3.05) is 13.2 Å². The highest BCUT2D eigenvalue weighted by Gasteiger charge is 2.29. The summed E-state index contributed by atoms with van der Waals surface area (Å²) < 4.78 is 45.5. The highest BCUT2D eigenvalue weighted by atomic mass is 19.4. The van der Waals surface area contributed by atoms with E-state index in [0.717, 1.165) is 26.9 Å². The molecule has 5 rings (SSSR count). The second-order valence-corrected chi connectivity index (χ2v) is 9.41. The largest absolute Gasteiger partial charge is 0.408 e. The number of benzene rings is 1. The Hall–Kier alpha value is -3.57. The van der Waals surface area contributed by atoms with Gasteiger partial charge in [0.25, 0.3) is 5.56 Å². The Kier molecular flexibility index (Phi) is 6.59. The molecule has 1 aliphatic heterocycles. The molecule has 0 radical (unpaired) electrons. The van der Waals surface area contributed by atoms with Gasteiger partial charge in [-0.25, -0.2) is 4.98 Å². The zero-order valence-corrected chi connectivity index (χ0v) is 20.4. The lowest BCUT2D eigenvalue weighted by Crippen LogP contribution is -2.39. The maximum Gasteiger partial charge on any atom is 0.408 e. The molecule has 0 bridgehead atoms. The van der Waals surface area contributed by atoms with Crippen molar-refractivity contribution in [1.82, 2.24) is 24.3 Å². The SMILES string of the molecule is Cc1c(Cc2ccc(-c3cnn(CC(F)(F)F)c3)nc2)cc2c(=O)n([C@H]3CCOC[C@@H]3O)cnc2c1C. The molecule has 1 fully saturated rings. The smallest absolute Gasteiger partial charge is 0.389 e. The molecular weight excluding hydrogens is 487 g/mol. The van der Waals surface area contributed by atoms with Crippen molar-refractivity contribution in [3.05, 3.63) is 75.7 Å². The standard InChI is InChI=1S/C26H26F3N5O3/c1-15-16(2)24-20(25(36)34(14-31-24)22-5-6-37-12-23(22)35)8-18(15)7-17-3-4-21(30-9-17)19-10-32-33(11-19)13-26(27,28)29/h3-4,8-11,14,22-23,35H,5-7,12-13H2,1-2H3/t22-,23-/m0/s1. The van der Waals surface area contributed by atoms with Crippen LogP contribution in [0.5, 0.6) is 0 Å². The van der Waals surface area contributed by atoms with E-state index in [-0.39, 0.29) is 18.2 Å². The van der Waals surface area contributed by atoms with Gasteiger partial charge >= 0.3 is 6.18 Å². The molecule has 37 heavy (non-hydrogen) atoms. The zero-order valence-electron chi connectivity index (χ0n) is 20.4. The maximum atomic E-state index is 13.4. The molecule has 1 aliphatic rings. The predicted octanol–water partition coefficient (Wildman–Crippen LogP) is 3.75. The van der Waals surface area contributed by atoms with Gasteiger partial charge in [0.15, 0.2) is 0 Å². The van der Waals surface area contributed by atoms with Crippen LogP contribution in [0, 0.1) is 13.8 Å². The van der Waals surface area contributed by atoms with Crippen LogP contribution < -0.4 is 5.56 Å². The molecule has 11 heteroatoms. The Labute approximate surface area is 210 Å². The van der Waals surface area contributed by atoms with Gasteiger partial charge in [0, 0.05) is 24.6 Å². The van der Waals surface area contributed by atoms with Gasteiger partial charge in [-0.15, -0.1) is 0 Å². The summed E-state index contributed by atoms with van der Waals surface area (Å²) in [6.45, 7) is 3.41. The number of rotatable bonds is 5. The minimum absolute atomic E-state index is 0.180. The van der Waals surface area contributed by atoms with Crippen LogP contribution in [0.1, 0.15) is 34.7 Å². The first kappa shape index (κ1) is 25.1. The number of fused-ring (bicyclic) bond motifs is 1. The molecule has 1 N–H and O–H groups in total. The Morgan fingerprint density at radius 2 is 1.97 bits per heavy atom. The van der Waals surface area contributed by atoms with Crippen LogP contribution in [0.3, 0.4) is 0 Å². The number of aromatic nitrogens is 5. The van der Waals surface area contributed by atoms with Crippen molar-refractivity contribution < 1.29 is 23.0 Å². The third-order valence-electron chi connectivity index (χ3n) is 6.89. The van der Waals surface area contributed by atoms with Gasteiger partial charge in [0.2, 0.25) is 0 Å². The first-order valence-corrected chi connectivity index (χ1v) is 11.9. The number of aliphatic hydroxyl groups is 1. The quantitative estimate of drug-likeness (QED) is 0.437. The lowest BCUT2D eigenvalue weighted by atomic mass is 9.95. The summed E-state index contributed by atoms with van der Waals surface area (Å²) >= 11 is 0. The van der Waals surface area contributed by atoms with Crippen LogP contribution in [0.2, 0.25) is 0 Å². The summed E-state index contributed by atoms with van der Waals surface area (Å²) in [5, 5.41) is 14.6. The van der Waals surface area contributed by atoms with E-state index >= 15 is 0 Å². The summed E-state index contributed by atoms with van der Waals surface area (Å²) in [6.07, 6.45) is 1.78. The Morgan fingerprint density at radius 3 is 2.68 bits per heavy atom. The average molecular weight is 514 g/mol. The number of halogens is 3. The van der Waals surface area contributed by atoms with E-state index in [1.54, 1.807) is 12.3 Å². The van der Waals surface area contributed by atoms with Crippen LogP contribution >= 0.6 is 0 Å². The molecule has 0 saturated carbocycles. The lowest BCUT2D eigenvalue weighted by Gasteiger charge is -2.29. The van der Waals surface area contributed by atoms with E-state index in [1.807, 2.05) is 26.0 Å². The van der Waals surface area contributed by atoms with E-state index in [2.05, 4.69) is 15.1 Å². The predicted molar refractivity (Wildman–Crippen MR) is 130 cm³/mol. The number of pyridine rings is 1. The van der Waals surface area contributed by atoms with Crippen molar-refractivity contribution in [3.8, 4) is 11.3 Å². The van der Waals surface area contributed by atoms with Crippen molar-refractivity contribution in [2.24, 2.45) is 0 Å². The van der Waals surface area contributed by atoms with Crippen LogP contribution in [-0.4, -0.2) is 54.9 Å². The van der Waals surface area contributed by atoms with E-state index in [1.165, 1.54) is 23.3 Å². The van der Waals surface area contributed by atoms with Gasteiger partial charge in [-0.3, -0.25) is 19.0 Å². The fourth-order valence-corrected chi connectivity index (χ4v) is 4.75. The van der Waals surface area contributed by atoms with Crippen LogP contribution in [-0.2, 0) is 17.7 Å².